The zero-order chi connectivity index (χ0) is 8.39. The SMILES string of the molecule is Brc1cnn(C2[CH]CCCC2)c1. The van der Waals surface area contributed by atoms with Crippen LogP contribution in [0.15, 0.2) is 16.9 Å². The summed E-state index contributed by atoms with van der Waals surface area (Å²) in [6.07, 6.45) is 11.4. The van der Waals surface area contributed by atoms with Crippen molar-refractivity contribution in [2.45, 2.75) is 31.7 Å². The molecule has 0 aliphatic heterocycles. The first kappa shape index (κ1) is 8.30. The van der Waals surface area contributed by atoms with Gasteiger partial charge >= 0.3 is 0 Å². The maximum atomic E-state index is 4.28. The van der Waals surface area contributed by atoms with Crippen LogP contribution in [0.4, 0.5) is 0 Å². The number of nitrogens with zero attached hydrogens (tertiary/aromatic N) is 2. The molecule has 2 rings (SSSR count). The molecule has 1 radical (unpaired) electrons. The fourth-order valence-electron chi connectivity index (χ4n) is 1.66. The van der Waals surface area contributed by atoms with Crippen LogP contribution in [0.5, 0.6) is 0 Å². The van der Waals surface area contributed by atoms with Crippen molar-refractivity contribution in [1.82, 2.24) is 9.78 Å². The third-order valence-corrected chi connectivity index (χ3v) is 2.71. The average molecular weight is 228 g/mol. The molecule has 3 heteroatoms. The highest BCUT2D eigenvalue weighted by atomic mass is 79.9. The van der Waals surface area contributed by atoms with E-state index in [1.165, 1.54) is 25.7 Å². The maximum Gasteiger partial charge on any atom is 0.0632 e. The minimum atomic E-state index is 0.532. The minimum Gasteiger partial charge on any atom is -0.268 e. The van der Waals surface area contributed by atoms with Gasteiger partial charge in [0.15, 0.2) is 0 Å². The normalized spacial score (nSPS) is 19.8. The average Bonchev–Trinajstić information content (AvgIpc) is 2.54. The largest absolute Gasteiger partial charge is 0.268 e. The summed E-state index contributed by atoms with van der Waals surface area (Å²) >= 11 is 3.40. The van der Waals surface area contributed by atoms with E-state index in [9.17, 15) is 0 Å². The molecule has 2 nitrogen and oxygen atoms in total. The van der Waals surface area contributed by atoms with E-state index in [0.717, 1.165) is 4.47 Å². The van der Waals surface area contributed by atoms with Gasteiger partial charge in [0.1, 0.15) is 0 Å². The fraction of sp³-hybridized carbons (Fsp3) is 0.556. The molecule has 0 bridgehead atoms. The van der Waals surface area contributed by atoms with E-state index in [1.807, 2.05) is 17.1 Å². The predicted molar refractivity (Wildman–Crippen MR) is 51.7 cm³/mol. The van der Waals surface area contributed by atoms with E-state index >= 15 is 0 Å². The van der Waals surface area contributed by atoms with Gasteiger partial charge in [0.2, 0.25) is 0 Å². The van der Waals surface area contributed by atoms with Crippen LogP contribution in [0, 0.1) is 6.42 Å². The van der Waals surface area contributed by atoms with Crippen molar-refractivity contribution < 1.29 is 0 Å². The molecule has 1 fully saturated rings. The van der Waals surface area contributed by atoms with Gasteiger partial charge in [0.25, 0.3) is 0 Å². The first-order chi connectivity index (χ1) is 5.86. The van der Waals surface area contributed by atoms with Gasteiger partial charge in [-0.1, -0.05) is 12.8 Å². The molecule has 0 amide bonds. The van der Waals surface area contributed by atoms with Crippen molar-refractivity contribution in [2.75, 3.05) is 0 Å². The highest BCUT2D eigenvalue weighted by Gasteiger charge is 2.15. The molecular weight excluding hydrogens is 216 g/mol. The molecule has 1 atom stereocenters. The van der Waals surface area contributed by atoms with Crippen LogP contribution < -0.4 is 0 Å². The van der Waals surface area contributed by atoms with E-state index < -0.39 is 0 Å². The van der Waals surface area contributed by atoms with Gasteiger partial charge in [0, 0.05) is 6.20 Å². The predicted octanol–water partition coefficient (Wildman–Crippen LogP) is 2.96. The van der Waals surface area contributed by atoms with Crippen LogP contribution >= 0.6 is 15.9 Å². The molecule has 1 aliphatic carbocycles. The molecule has 1 aromatic rings. The Balaban J connectivity index is 2.08. The van der Waals surface area contributed by atoms with Crippen LogP contribution in [0.2, 0.25) is 0 Å². The smallest absolute Gasteiger partial charge is 0.0632 e. The highest BCUT2D eigenvalue weighted by Crippen LogP contribution is 2.27. The quantitative estimate of drug-likeness (QED) is 0.722. The molecule has 0 N–H and O–H groups in total. The van der Waals surface area contributed by atoms with E-state index in [4.69, 9.17) is 0 Å². The van der Waals surface area contributed by atoms with E-state index in [-0.39, 0.29) is 0 Å². The van der Waals surface area contributed by atoms with Crippen molar-refractivity contribution in [3.05, 3.63) is 23.3 Å². The summed E-state index contributed by atoms with van der Waals surface area (Å²) in [4.78, 5) is 0. The third kappa shape index (κ3) is 1.71. The maximum absolute atomic E-state index is 4.28. The summed E-state index contributed by atoms with van der Waals surface area (Å²) in [6, 6.07) is 0.532. The molecule has 0 saturated heterocycles. The summed E-state index contributed by atoms with van der Waals surface area (Å²) < 4.78 is 3.12. The lowest BCUT2D eigenvalue weighted by atomic mass is 9.96. The Labute approximate surface area is 81.1 Å². The van der Waals surface area contributed by atoms with Crippen LogP contribution in [0.25, 0.3) is 0 Å². The van der Waals surface area contributed by atoms with Crippen molar-refractivity contribution in [2.24, 2.45) is 0 Å². The van der Waals surface area contributed by atoms with Crippen molar-refractivity contribution >= 4 is 15.9 Å². The molecule has 1 aromatic heterocycles. The lowest BCUT2D eigenvalue weighted by molar-refractivity contribution is 0.403. The summed E-state index contributed by atoms with van der Waals surface area (Å²) in [5.41, 5.74) is 0. The summed E-state index contributed by atoms with van der Waals surface area (Å²) in [5, 5.41) is 4.28. The molecular formula is C9H12BrN2. The fourth-order valence-corrected chi connectivity index (χ4v) is 1.96. The van der Waals surface area contributed by atoms with Gasteiger partial charge in [-0.2, -0.15) is 5.10 Å². The molecule has 0 spiro atoms. The number of halogens is 1. The van der Waals surface area contributed by atoms with Gasteiger partial charge in [-0.3, -0.25) is 4.68 Å². The second-order valence-corrected chi connectivity index (χ2v) is 4.14. The second kappa shape index (κ2) is 3.60. The molecule has 1 aliphatic rings. The number of aromatic nitrogens is 2. The Hall–Kier alpha value is -0.310. The highest BCUT2D eigenvalue weighted by molar-refractivity contribution is 9.10. The number of hydrogen-bond acceptors (Lipinski definition) is 1. The second-order valence-electron chi connectivity index (χ2n) is 3.23. The topological polar surface area (TPSA) is 17.8 Å². The van der Waals surface area contributed by atoms with E-state index in [2.05, 4.69) is 27.4 Å². The first-order valence-electron chi connectivity index (χ1n) is 4.39. The Bertz CT molecular complexity index is 251. The van der Waals surface area contributed by atoms with Gasteiger partial charge in [-0.05, 0) is 35.2 Å². The third-order valence-electron chi connectivity index (χ3n) is 2.30. The van der Waals surface area contributed by atoms with Gasteiger partial charge in [-0.25, -0.2) is 0 Å². The molecule has 65 valence electrons. The molecule has 12 heavy (non-hydrogen) atoms. The first-order valence-corrected chi connectivity index (χ1v) is 5.18. The van der Waals surface area contributed by atoms with Crippen LogP contribution in [0.3, 0.4) is 0 Å². The van der Waals surface area contributed by atoms with Gasteiger partial charge in [-0.15, -0.1) is 0 Å². The van der Waals surface area contributed by atoms with Crippen molar-refractivity contribution in [3.63, 3.8) is 0 Å². The Morgan fingerprint density at radius 1 is 1.50 bits per heavy atom. The van der Waals surface area contributed by atoms with Crippen molar-refractivity contribution in [1.29, 1.82) is 0 Å². The van der Waals surface area contributed by atoms with Gasteiger partial charge in [0.05, 0.1) is 16.7 Å². The Morgan fingerprint density at radius 3 is 3.00 bits per heavy atom. The Kier molecular flexibility index (Phi) is 2.49. The van der Waals surface area contributed by atoms with Crippen LogP contribution in [0.1, 0.15) is 31.7 Å². The van der Waals surface area contributed by atoms with Crippen LogP contribution in [-0.2, 0) is 0 Å². The zero-order valence-electron chi connectivity index (χ0n) is 6.91. The van der Waals surface area contributed by atoms with Crippen molar-refractivity contribution in [3.8, 4) is 0 Å². The summed E-state index contributed by atoms with van der Waals surface area (Å²) in [5.74, 6) is 0. The molecule has 0 aromatic carbocycles. The zero-order valence-corrected chi connectivity index (χ0v) is 8.50. The van der Waals surface area contributed by atoms with Gasteiger partial charge < -0.3 is 0 Å². The van der Waals surface area contributed by atoms with E-state index in [0.29, 0.717) is 6.04 Å². The van der Waals surface area contributed by atoms with E-state index in [1.54, 1.807) is 0 Å². The summed E-state index contributed by atoms with van der Waals surface area (Å²) in [6.45, 7) is 0. The lowest BCUT2D eigenvalue weighted by Gasteiger charge is -2.21. The Morgan fingerprint density at radius 2 is 2.42 bits per heavy atom. The number of hydrogen-bond donors (Lipinski definition) is 0. The molecule has 1 saturated carbocycles. The minimum absolute atomic E-state index is 0.532. The standard InChI is InChI=1S/C9H12BrN2/c10-8-6-11-12(7-8)9-4-2-1-3-5-9/h4,6-7,9H,1-3,5H2. The summed E-state index contributed by atoms with van der Waals surface area (Å²) in [7, 11) is 0. The van der Waals surface area contributed by atoms with Crippen LogP contribution in [-0.4, -0.2) is 9.78 Å². The monoisotopic (exact) mass is 227 g/mol. The molecule has 1 heterocycles. The molecule has 1 unspecified atom stereocenters. The lowest BCUT2D eigenvalue weighted by Crippen LogP contribution is -2.13. The number of rotatable bonds is 1.